The van der Waals surface area contributed by atoms with E-state index in [-0.39, 0.29) is 0 Å². The van der Waals surface area contributed by atoms with Gasteiger partial charge in [-0.15, -0.1) is 0 Å². The number of ether oxygens (including phenoxy) is 1. The van der Waals surface area contributed by atoms with Gasteiger partial charge in [0.15, 0.2) is 0 Å². The molecule has 2 aromatic rings. The van der Waals surface area contributed by atoms with Crippen molar-refractivity contribution < 1.29 is 4.74 Å². The molecule has 2 aromatic carbocycles. The van der Waals surface area contributed by atoms with Crippen LogP contribution in [-0.2, 0) is 0 Å². The first-order valence-electron chi connectivity index (χ1n) is 7.24. The van der Waals surface area contributed by atoms with Gasteiger partial charge in [0.05, 0.1) is 6.10 Å². The van der Waals surface area contributed by atoms with E-state index < -0.39 is 0 Å². The Morgan fingerprint density at radius 1 is 0.737 bits per heavy atom. The van der Waals surface area contributed by atoms with Crippen molar-refractivity contribution in [2.24, 2.45) is 0 Å². The van der Waals surface area contributed by atoms with Crippen molar-refractivity contribution in [2.45, 2.75) is 38.2 Å². The van der Waals surface area contributed by atoms with Gasteiger partial charge in [-0.1, -0.05) is 55.0 Å². The summed E-state index contributed by atoms with van der Waals surface area (Å²) in [7, 11) is 0. The summed E-state index contributed by atoms with van der Waals surface area (Å²) >= 11 is 0. The lowest BCUT2D eigenvalue weighted by atomic mass is 9.97. The summed E-state index contributed by atoms with van der Waals surface area (Å²) in [6, 6.07) is 18.9. The minimum absolute atomic E-state index is 0.401. The molecule has 0 atom stereocenters. The summed E-state index contributed by atoms with van der Waals surface area (Å²) in [5.41, 5.74) is 2.43. The first kappa shape index (κ1) is 12.3. The van der Waals surface area contributed by atoms with Crippen LogP contribution in [0.5, 0.6) is 5.75 Å². The summed E-state index contributed by atoms with van der Waals surface area (Å²) in [5, 5.41) is 0. The van der Waals surface area contributed by atoms with E-state index in [0.29, 0.717) is 6.10 Å². The van der Waals surface area contributed by atoms with E-state index in [1.54, 1.807) is 0 Å². The third kappa shape index (κ3) is 2.98. The molecule has 0 saturated heterocycles. The van der Waals surface area contributed by atoms with Crippen LogP contribution in [0.25, 0.3) is 11.1 Å². The van der Waals surface area contributed by atoms with E-state index in [1.807, 2.05) is 6.07 Å². The Kier molecular flexibility index (Phi) is 3.83. The van der Waals surface area contributed by atoms with Gasteiger partial charge in [0, 0.05) is 5.56 Å². The Bertz CT molecular complexity index is 512. The summed E-state index contributed by atoms with van der Waals surface area (Å²) in [6.07, 6.45) is 6.77. The lowest BCUT2D eigenvalue weighted by Gasteiger charge is -2.24. The second-order valence-electron chi connectivity index (χ2n) is 5.24. The fraction of sp³-hybridized carbons (Fsp3) is 0.333. The highest BCUT2D eigenvalue weighted by Crippen LogP contribution is 2.32. The molecule has 0 N–H and O–H groups in total. The average Bonchev–Trinajstić information content (AvgIpc) is 2.50. The maximum absolute atomic E-state index is 6.24. The zero-order chi connectivity index (χ0) is 12.9. The van der Waals surface area contributed by atoms with Crippen molar-refractivity contribution in [2.75, 3.05) is 0 Å². The normalized spacial score (nSPS) is 16.2. The van der Waals surface area contributed by atoms with E-state index in [0.717, 1.165) is 5.75 Å². The highest BCUT2D eigenvalue weighted by molar-refractivity contribution is 5.70. The van der Waals surface area contributed by atoms with Crippen LogP contribution in [0.2, 0.25) is 0 Å². The topological polar surface area (TPSA) is 9.23 Å². The van der Waals surface area contributed by atoms with Crippen LogP contribution in [0.4, 0.5) is 0 Å². The summed E-state index contributed by atoms with van der Waals surface area (Å²) in [4.78, 5) is 0. The average molecular weight is 252 g/mol. The van der Waals surface area contributed by atoms with Gasteiger partial charge in [-0.3, -0.25) is 0 Å². The van der Waals surface area contributed by atoms with Gasteiger partial charge in [-0.05, 0) is 37.3 Å². The molecule has 0 heterocycles. The van der Waals surface area contributed by atoms with Gasteiger partial charge in [-0.25, -0.2) is 0 Å². The Balaban J connectivity index is 1.85. The van der Waals surface area contributed by atoms with Crippen LogP contribution >= 0.6 is 0 Å². The predicted molar refractivity (Wildman–Crippen MR) is 79.4 cm³/mol. The van der Waals surface area contributed by atoms with E-state index in [1.165, 1.54) is 43.2 Å². The maximum atomic E-state index is 6.24. The largest absolute Gasteiger partial charge is 0.490 e. The number of benzene rings is 2. The van der Waals surface area contributed by atoms with Crippen molar-refractivity contribution in [3.05, 3.63) is 54.6 Å². The summed E-state index contributed by atoms with van der Waals surface area (Å²) in [5.74, 6) is 1.03. The van der Waals surface area contributed by atoms with E-state index in [2.05, 4.69) is 48.5 Å². The number of hydrogen-bond donors (Lipinski definition) is 0. The van der Waals surface area contributed by atoms with E-state index >= 15 is 0 Å². The van der Waals surface area contributed by atoms with Gasteiger partial charge in [0.2, 0.25) is 0 Å². The van der Waals surface area contributed by atoms with E-state index in [9.17, 15) is 0 Å². The number of rotatable bonds is 3. The summed E-state index contributed by atoms with van der Waals surface area (Å²) in [6.45, 7) is 0. The quantitative estimate of drug-likeness (QED) is 0.741. The fourth-order valence-corrected chi connectivity index (χ4v) is 2.79. The van der Waals surface area contributed by atoms with Gasteiger partial charge in [0.25, 0.3) is 0 Å². The standard InChI is InChI=1S/C18H20O/c1-3-9-15(10-4-1)17-13-7-8-14-18(17)19-16-11-5-2-6-12-16/h1,3-4,7-10,13-14,16H,2,5-6,11-12H2. The zero-order valence-electron chi connectivity index (χ0n) is 11.2. The molecule has 0 unspecified atom stereocenters. The molecule has 0 amide bonds. The Morgan fingerprint density at radius 3 is 2.21 bits per heavy atom. The SMILES string of the molecule is c1ccc(-c2ccccc2OC2CCCCC2)cc1. The van der Waals surface area contributed by atoms with Crippen LogP contribution < -0.4 is 4.74 Å². The molecule has 0 radical (unpaired) electrons. The highest BCUT2D eigenvalue weighted by Gasteiger charge is 2.16. The highest BCUT2D eigenvalue weighted by atomic mass is 16.5. The van der Waals surface area contributed by atoms with Crippen LogP contribution in [0, 0.1) is 0 Å². The van der Waals surface area contributed by atoms with Crippen molar-refractivity contribution >= 4 is 0 Å². The monoisotopic (exact) mass is 252 g/mol. The van der Waals surface area contributed by atoms with E-state index in [4.69, 9.17) is 4.74 Å². The number of para-hydroxylation sites is 1. The van der Waals surface area contributed by atoms with Crippen LogP contribution in [0.1, 0.15) is 32.1 Å². The minimum atomic E-state index is 0.401. The van der Waals surface area contributed by atoms with Crippen molar-refractivity contribution in [1.29, 1.82) is 0 Å². The Hall–Kier alpha value is -1.76. The first-order chi connectivity index (χ1) is 9.43. The van der Waals surface area contributed by atoms with Gasteiger partial charge in [-0.2, -0.15) is 0 Å². The molecule has 0 bridgehead atoms. The second-order valence-corrected chi connectivity index (χ2v) is 5.24. The van der Waals surface area contributed by atoms with Crippen LogP contribution in [0.3, 0.4) is 0 Å². The van der Waals surface area contributed by atoms with Crippen LogP contribution in [0.15, 0.2) is 54.6 Å². The summed E-state index contributed by atoms with van der Waals surface area (Å²) < 4.78 is 6.24. The minimum Gasteiger partial charge on any atom is -0.490 e. The lowest BCUT2D eigenvalue weighted by Crippen LogP contribution is -2.19. The van der Waals surface area contributed by atoms with Gasteiger partial charge >= 0.3 is 0 Å². The molecular weight excluding hydrogens is 232 g/mol. The molecule has 1 nitrogen and oxygen atoms in total. The molecule has 0 aliphatic heterocycles. The van der Waals surface area contributed by atoms with Crippen molar-refractivity contribution in [3.63, 3.8) is 0 Å². The first-order valence-corrected chi connectivity index (χ1v) is 7.24. The molecular formula is C18H20O. The molecule has 19 heavy (non-hydrogen) atoms. The third-order valence-electron chi connectivity index (χ3n) is 3.82. The number of hydrogen-bond acceptors (Lipinski definition) is 1. The molecule has 1 saturated carbocycles. The Morgan fingerprint density at radius 2 is 1.42 bits per heavy atom. The fourth-order valence-electron chi connectivity index (χ4n) is 2.79. The molecule has 1 heteroatoms. The zero-order valence-corrected chi connectivity index (χ0v) is 11.2. The maximum Gasteiger partial charge on any atom is 0.127 e. The molecule has 1 aliphatic rings. The predicted octanol–water partition coefficient (Wildman–Crippen LogP) is 5.07. The molecule has 3 rings (SSSR count). The second kappa shape index (κ2) is 5.92. The van der Waals surface area contributed by atoms with Crippen molar-refractivity contribution in [1.82, 2.24) is 0 Å². The van der Waals surface area contributed by atoms with Gasteiger partial charge < -0.3 is 4.74 Å². The lowest BCUT2D eigenvalue weighted by molar-refractivity contribution is 0.156. The molecule has 98 valence electrons. The molecule has 0 aromatic heterocycles. The third-order valence-corrected chi connectivity index (χ3v) is 3.82. The Labute approximate surface area is 115 Å². The van der Waals surface area contributed by atoms with Gasteiger partial charge in [0.1, 0.15) is 5.75 Å². The van der Waals surface area contributed by atoms with Crippen molar-refractivity contribution in [3.8, 4) is 16.9 Å². The molecule has 1 aliphatic carbocycles. The molecule has 1 fully saturated rings. The smallest absolute Gasteiger partial charge is 0.127 e. The van der Waals surface area contributed by atoms with Crippen LogP contribution in [-0.4, -0.2) is 6.10 Å². The molecule has 0 spiro atoms.